The van der Waals surface area contributed by atoms with Gasteiger partial charge in [0.1, 0.15) is 5.56 Å². The molecule has 0 saturated carbocycles. The van der Waals surface area contributed by atoms with Gasteiger partial charge < -0.3 is 10.1 Å². The van der Waals surface area contributed by atoms with Gasteiger partial charge in [-0.3, -0.25) is 4.79 Å². The molecule has 106 valence electrons. The lowest BCUT2D eigenvalue weighted by atomic mass is 10.1. The van der Waals surface area contributed by atoms with Crippen molar-refractivity contribution >= 4 is 22.9 Å². The van der Waals surface area contributed by atoms with Gasteiger partial charge in [-0.05, 0) is 36.8 Å². The lowest BCUT2D eigenvalue weighted by Crippen LogP contribution is -2.11. The number of halogens is 1. The smallest absolute Gasteiger partial charge is 0.262 e. The summed E-state index contributed by atoms with van der Waals surface area (Å²) in [4.78, 5) is 21.0. The summed E-state index contributed by atoms with van der Waals surface area (Å²) in [5.41, 5.74) is 0.328. The van der Waals surface area contributed by atoms with Crippen molar-refractivity contribution in [1.82, 2.24) is 9.97 Å². The number of hydrogen-bond donors (Lipinski definition) is 2. The zero-order chi connectivity index (χ0) is 15.0. The van der Waals surface area contributed by atoms with E-state index in [1.807, 2.05) is 19.1 Å². The minimum absolute atomic E-state index is 0.142. The van der Waals surface area contributed by atoms with E-state index in [9.17, 15) is 9.90 Å². The number of aryl methyl sites for hydroxylation is 1. The van der Waals surface area contributed by atoms with E-state index in [-0.39, 0.29) is 17.0 Å². The Labute approximate surface area is 129 Å². The minimum atomic E-state index is -0.383. The second-order valence-electron chi connectivity index (χ2n) is 4.53. The average molecular weight is 319 g/mol. The number of rotatable bonds is 2. The second kappa shape index (κ2) is 5.35. The van der Waals surface area contributed by atoms with Crippen LogP contribution in [-0.4, -0.2) is 15.1 Å². The molecule has 2 heterocycles. The lowest BCUT2D eigenvalue weighted by Gasteiger charge is -2.05. The molecule has 0 amide bonds. The van der Waals surface area contributed by atoms with Crippen LogP contribution in [0.4, 0.5) is 0 Å². The zero-order valence-electron chi connectivity index (χ0n) is 11.1. The topological polar surface area (TPSA) is 66.0 Å². The molecule has 0 bridgehead atoms. The minimum Gasteiger partial charge on any atom is -0.493 e. The van der Waals surface area contributed by atoms with Crippen LogP contribution >= 0.6 is 22.9 Å². The lowest BCUT2D eigenvalue weighted by molar-refractivity contribution is 0.454. The summed E-state index contributed by atoms with van der Waals surface area (Å²) in [6.07, 6.45) is 0. The number of hydrogen-bond acceptors (Lipinski definition) is 4. The maximum absolute atomic E-state index is 12.2. The van der Waals surface area contributed by atoms with Gasteiger partial charge in [0, 0.05) is 9.90 Å². The highest BCUT2D eigenvalue weighted by Gasteiger charge is 2.14. The van der Waals surface area contributed by atoms with Gasteiger partial charge in [-0.1, -0.05) is 23.7 Å². The van der Waals surface area contributed by atoms with E-state index in [2.05, 4.69) is 9.97 Å². The van der Waals surface area contributed by atoms with Crippen LogP contribution in [0.5, 0.6) is 5.88 Å². The van der Waals surface area contributed by atoms with Gasteiger partial charge in [0.2, 0.25) is 5.88 Å². The monoisotopic (exact) mass is 318 g/mol. The molecule has 3 rings (SSSR count). The average Bonchev–Trinajstić information content (AvgIpc) is 2.87. The summed E-state index contributed by atoms with van der Waals surface area (Å²) >= 11 is 7.32. The van der Waals surface area contributed by atoms with Gasteiger partial charge in [-0.25, -0.2) is 0 Å². The van der Waals surface area contributed by atoms with Crippen molar-refractivity contribution in [2.75, 3.05) is 0 Å². The predicted molar refractivity (Wildman–Crippen MR) is 85.0 cm³/mol. The van der Waals surface area contributed by atoms with Crippen molar-refractivity contribution in [2.24, 2.45) is 0 Å². The maximum Gasteiger partial charge on any atom is 0.262 e. The van der Waals surface area contributed by atoms with Gasteiger partial charge >= 0.3 is 0 Å². The van der Waals surface area contributed by atoms with Gasteiger partial charge in [-0.2, -0.15) is 4.98 Å². The van der Waals surface area contributed by atoms with Crippen LogP contribution in [0.1, 0.15) is 4.88 Å². The number of nitrogens with zero attached hydrogens (tertiary/aromatic N) is 1. The molecule has 3 aromatic rings. The van der Waals surface area contributed by atoms with E-state index in [0.29, 0.717) is 16.4 Å². The van der Waals surface area contributed by atoms with E-state index in [0.717, 1.165) is 9.75 Å². The Bertz CT molecular complexity index is 853. The first-order valence-electron chi connectivity index (χ1n) is 6.20. The largest absolute Gasteiger partial charge is 0.493 e. The Balaban J connectivity index is 2.12. The van der Waals surface area contributed by atoms with Crippen molar-refractivity contribution in [3.05, 3.63) is 56.7 Å². The van der Waals surface area contributed by atoms with Crippen LogP contribution in [0.15, 0.2) is 41.2 Å². The highest BCUT2D eigenvalue weighted by Crippen LogP contribution is 2.29. The van der Waals surface area contributed by atoms with Crippen molar-refractivity contribution < 1.29 is 5.11 Å². The summed E-state index contributed by atoms with van der Waals surface area (Å²) < 4.78 is 0. The highest BCUT2D eigenvalue weighted by molar-refractivity contribution is 7.15. The normalized spacial score (nSPS) is 10.8. The maximum atomic E-state index is 12.2. The summed E-state index contributed by atoms with van der Waals surface area (Å²) in [5, 5.41) is 10.7. The third-order valence-electron chi connectivity index (χ3n) is 3.01. The van der Waals surface area contributed by atoms with Crippen LogP contribution < -0.4 is 5.56 Å². The number of H-pyrrole nitrogens is 1. The molecule has 1 aromatic carbocycles. The fourth-order valence-corrected chi connectivity index (χ4v) is 2.95. The van der Waals surface area contributed by atoms with Crippen molar-refractivity contribution in [1.29, 1.82) is 0 Å². The number of aromatic nitrogens is 2. The Morgan fingerprint density at radius 1 is 1.19 bits per heavy atom. The van der Waals surface area contributed by atoms with Gasteiger partial charge in [-0.15, -0.1) is 11.3 Å². The molecule has 0 fully saturated rings. The second-order valence-corrected chi connectivity index (χ2v) is 6.25. The molecule has 0 radical (unpaired) electrons. The summed E-state index contributed by atoms with van der Waals surface area (Å²) in [6.45, 7) is 1.97. The van der Waals surface area contributed by atoms with Crippen molar-refractivity contribution in [3.63, 3.8) is 0 Å². The molecule has 0 aliphatic heterocycles. The van der Waals surface area contributed by atoms with E-state index in [1.165, 1.54) is 11.3 Å². The molecule has 0 saturated heterocycles. The molecule has 4 nitrogen and oxygen atoms in total. The fourth-order valence-electron chi connectivity index (χ4n) is 2.02. The Hall–Kier alpha value is -2.11. The number of nitrogens with one attached hydrogen (secondary N) is 1. The van der Waals surface area contributed by atoms with Crippen LogP contribution in [0, 0.1) is 6.92 Å². The molecular formula is C15H11ClN2O2S. The molecule has 0 aliphatic carbocycles. The highest BCUT2D eigenvalue weighted by atomic mass is 35.5. The SMILES string of the molecule is Cc1ccc(-c2nc(O)c(-c3ccc(Cl)cc3)c(=O)[nH]2)s1. The Kier molecular flexibility index (Phi) is 3.53. The first kappa shape index (κ1) is 13.9. The molecular weight excluding hydrogens is 308 g/mol. The Morgan fingerprint density at radius 3 is 2.48 bits per heavy atom. The van der Waals surface area contributed by atoms with Gasteiger partial charge in [0.25, 0.3) is 5.56 Å². The molecule has 6 heteroatoms. The molecule has 2 N–H and O–H groups in total. The summed E-state index contributed by atoms with van der Waals surface area (Å²) in [5.74, 6) is 0.0791. The van der Waals surface area contributed by atoms with E-state index >= 15 is 0 Å². The Morgan fingerprint density at radius 2 is 1.90 bits per heavy atom. The molecule has 0 spiro atoms. The van der Waals surface area contributed by atoms with Gasteiger partial charge in [0.15, 0.2) is 5.82 Å². The predicted octanol–water partition coefficient (Wildman–Crippen LogP) is 3.83. The quantitative estimate of drug-likeness (QED) is 0.754. The fraction of sp³-hybridized carbons (Fsp3) is 0.0667. The molecule has 2 aromatic heterocycles. The van der Waals surface area contributed by atoms with Crippen molar-refractivity contribution in [3.8, 4) is 27.7 Å². The molecule has 0 aliphatic rings. The van der Waals surface area contributed by atoms with E-state index in [1.54, 1.807) is 24.3 Å². The van der Waals surface area contributed by atoms with Crippen LogP contribution in [0.25, 0.3) is 21.8 Å². The summed E-state index contributed by atoms with van der Waals surface area (Å²) in [6, 6.07) is 10.5. The number of thiophene rings is 1. The number of aromatic amines is 1. The standard InChI is InChI=1S/C15H11ClN2O2S/c1-8-2-7-11(21-8)13-17-14(19)12(15(20)18-13)9-3-5-10(16)6-4-9/h2-7H,1H3,(H2,17,18,19,20). The zero-order valence-corrected chi connectivity index (χ0v) is 12.6. The molecule has 0 atom stereocenters. The third kappa shape index (κ3) is 2.70. The number of aromatic hydroxyl groups is 1. The molecule has 21 heavy (non-hydrogen) atoms. The summed E-state index contributed by atoms with van der Waals surface area (Å²) in [7, 11) is 0. The number of benzene rings is 1. The third-order valence-corrected chi connectivity index (χ3v) is 4.27. The van der Waals surface area contributed by atoms with Crippen LogP contribution in [0.3, 0.4) is 0 Å². The van der Waals surface area contributed by atoms with E-state index < -0.39 is 0 Å². The van der Waals surface area contributed by atoms with Crippen molar-refractivity contribution in [2.45, 2.75) is 6.92 Å². The van der Waals surface area contributed by atoms with Crippen LogP contribution in [0.2, 0.25) is 5.02 Å². The van der Waals surface area contributed by atoms with Crippen LogP contribution in [-0.2, 0) is 0 Å². The first-order chi connectivity index (χ1) is 10.0. The van der Waals surface area contributed by atoms with E-state index in [4.69, 9.17) is 11.6 Å². The first-order valence-corrected chi connectivity index (χ1v) is 7.40. The molecule has 0 unspecified atom stereocenters. The van der Waals surface area contributed by atoms with Gasteiger partial charge in [0.05, 0.1) is 4.88 Å².